The third-order valence-corrected chi connectivity index (χ3v) is 5.21. The van der Waals surface area contributed by atoms with Crippen molar-refractivity contribution in [3.63, 3.8) is 0 Å². The highest BCUT2D eigenvalue weighted by Crippen LogP contribution is 2.21. The van der Waals surface area contributed by atoms with Gasteiger partial charge in [-0.2, -0.15) is 0 Å². The molecule has 0 bridgehead atoms. The molecule has 1 aliphatic heterocycles. The third-order valence-electron chi connectivity index (χ3n) is 5.21. The van der Waals surface area contributed by atoms with Gasteiger partial charge in [0.25, 0.3) is 0 Å². The predicted octanol–water partition coefficient (Wildman–Crippen LogP) is 3.29. The van der Waals surface area contributed by atoms with Crippen LogP contribution >= 0.6 is 0 Å². The van der Waals surface area contributed by atoms with Crippen molar-refractivity contribution >= 4 is 17.9 Å². The maximum Gasteiger partial charge on any atom is 0.246 e. The van der Waals surface area contributed by atoms with E-state index in [2.05, 4.69) is 5.32 Å². The zero-order valence-corrected chi connectivity index (χ0v) is 15.0. The van der Waals surface area contributed by atoms with Crippen LogP contribution in [-0.4, -0.2) is 35.8 Å². The first-order valence-corrected chi connectivity index (χ1v) is 9.45. The van der Waals surface area contributed by atoms with E-state index in [1.54, 1.807) is 17.1 Å². The van der Waals surface area contributed by atoms with E-state index in [4.69, 9.17) is 4.42 Å². The van der Waals surface area contributed by atoms with Crippen LogP contribution < -0.4 is 5.32 Å². The number of aryl methyl sites for hydroxylation is 1. The topological polar surface area (TPSA) is 62.6 Å². The van der Waals surface area contributed by atoms with Crippen molar-refractivity contribution in [2.24, 2.45) is 5.92 Å². The van der Waals surface area contributed by atoms with Crippen LogP contribution in [-0.2, 0) is 9.59 Å². The SMILES string of the molecule is Cc1ccc(/C=C/C(=O)N2CCC[C@H](C(=O)NC3CCCCC3)C2)o1. The van der Waals surface area contributed by atoms with Crippen molar-refractivity contribution in [2.45, 2.75) is 57.9 Å². The van der Waals surface area contributed by atoms with Gasteiger partial charge in [-0.1, -0.05) is 19.3 Å². The number of likely N-dealkylation sites (tertiary alicyclic amines) is 1. The number of amides is 2. The zero-order valence-electron chi connectivity index (χ0n) is 15.0. The maximum atomic E-state index is 12.5. The monoisotopic (exact) mass is 344 g/mol. The van der Waals surface area contributed by atoms with Gasteiger partial charge in [-0.25, -0.2) is 0 Å². The first-order chi connectivity index (χ1) is 12.1. The van der Waals surface area contributed by atoms with Crippen molar-refractivity contribution in [1.29, 1.82) is 0 Å². The van der Waals surface area contributed by atoms with Gasteiger partial charge in [0.2, 0.25) is 11.8 Å². The molecule has 0 aromatic carbocycles. The number of piperidine rings is 1. The average molecular weight is 344 g/mol. The Morgan fingerprint density at radius 2 is 1.96 bits per heavy atom. The fourth-order valence-corrected chi connectivity index (χ4v) is 3.76. The molecule has 2 fully saturated rings. The highest BCUT2D eigenvalue weighted by molar-refractivity contribution is 5.92. The molecule has 0 unspecified atom stereocenters. The molecule has 5 heteroatoms. The molecule has 1 aliphatic carbocycles. The lowest BCUT2D eigenvalue weighted by Crippen LogP contribution is -2.47. The Labute approximate surface area is 149 Å². The number of carbonyl (C=O) groups is 2. The first-order valence-electron chi connectivity index (χ1n) is 9.45. The van der Waals surface area contributed by atoms with Gasteiger partial charge >= 0.3 is 0 Å². The van der Waals surface area contributed by atoms with E-state index in [1.807, 2.05) is 19.1 Å². The minimum atomic E-state index is -0.0844. The molecule has 0 spiro atoms. The van der Waals surface area contributed by atoms with E-state index in [0.29, 0.717) is 24.9 Å². The molecule has 1 atom stereocenters. The van der Waals surface area contributed by atoms with Gasteiger partial charge in [-0.3, -0.25) is 9.59 Å². The lowest BCUT2D eigenvalue weighted by Gasteiger charge is -2.33. The van der Waals surface area contributed by atoms with Crippen LogP contribution in [0.1, 0.15) is 56.5 Å². The van der Waals surface area contributed by atoms with Crippen LogP contribution in [0.4, 0.5) is 0 Å². The third kappa shape index (κ3) is 4.97. The Morgan fingerprint density at radius 3 is 2.68 bits per heavy atom. The maximum absolute atomic E-state index is 12.5. The fraction of sp³-hybridized carbons (Fsp3) is 0.600. The fourth-order valence-electron chi connectivity index (χ4n) is 3.76. The molecule has 1 saturated heterocycles. The van der Waals surface area contributed by atoms with Crippen molar-refractivity contribution < 1.29 is 14.0 Å². The molecule has 2 amide bonds. The van der Waals surface area contributed by atoms with Gasteiger partial charge in [0, 0.05) is 25.2 Å². The lowest BCUT2D eigenvalue weighted by atomic mass is 9.93. The van der Waals surface area contributed by atoms with Gasteiger partial charge in [0.1, 0.15) is 11.5 Å². The summed E-state index contributed by atoms with van der Waals surface area (Å²) >= 11 is 0. The van der Waals surface area contributed by atoms with E-state index in [0.717, 1.165) is 31.4 Å². The summed E-state index contributed by atoms with van der Waals surface area (Å²) in [6.45, 7) is 3.10. The standard InChI is InChI=1S/C20H28N2O3/c1-15-9-10-18(25-15)11-12-19(23)22-13-5-6-16(14-22)20(24)21-17-7-3-2-4-8-17/h9-12,16-17H,2-8,13-14H2,1H3,(H,21,24)/b12-11+/t16-/m0/s1. The van der Waals surface area contributed by atoms with Crippen molar-refractivity contribution in [3.05, 3.63) is 29.7 Å². The number of furan rings is 1. The molecule has 0 radical (unpaired) electrons. The quantitative estimate of drug-likeness (QED) is 0.853. The summed E-state index contributed by atoms with van der Waals surface area (Å²) in [5.41, 5.74) is 0. The lowest BCUT2D eigenvalue weighted by molar-refractivity contribution is -0.132. The molecular weight excluding hydrogens is 316 g/mol. The summed E-state index contributed by atoms with van der Waals surface area (Å²) in [4.78, 5) is 26.7. The Bertz CT molecular complexity index is 629. The summed E-state index contributed by atoms with van der Waals surface area (Å²) in [6, 6.07) is 4.04. The van der Waals surface area contributed by atoms with E-state index in [-0.39, 0.29) is 17.7 Å². The molecule has 136 valence electrons. The normalized spacial score (nSPS) is 22.3. The van der Waals surface area contributed by atoms with Gasteiger partial charge in [0.05, 0.1) is 5.92 Å². The van der Waals surface area contributed by atoms with E-state index >= 15 is 0 Å². The Morgan fingerprint density at radius 1 is 1.16 bits per heavy atom. The minimum Gasteiger partial charge on any atom is -0.462 e. The first kappa shape index (κ1) is 17.8. The molecule has 2 heterocycles. The van der Waals surface area contributed by atoms with Crippen molar-refractivity contribution in [1.82, 2.24) is 10.2 Å². The molecular formula is C20H28N2O3. The van der Waals surface area contributed by atoms with E-state index in [1.165, 1.54) is 19.3 Å². The molecule has 1 saturated carbocycles. The highest BCUT2D eigenvalue weighted by Gasteiger charge is 2.29. The number of hydrogen-bond donors (Lipinski definition) is 1. The van der Waals surface area contributed by atoms with Crippen LogP contribution in [0.3, 0.4) is 0 Å². The Hall–Kier alpha value is -2.04. The van der Waals surface area contributed by atoms with Crippen LogP contribution in [0, 0.1) is 12.8 Å². The zero-order chi connectivity index (χ0) is 17.6. The van der Waals surface area contributed by atoms with Gasteiger partial charge in [-0.15, -0.1) is 0 Å². The van der Waals surface area contributed by atoms with Gasteiger partial charge < -0.3 is 14.6 Å². The molecule has 2 aliphatic rings. The Kier molecular flexibility index (Phi) is 5.95. The summed E-state index contributed by atoms with van der Waals surface area (Å²) in [6.07, 6.45) is 10.8. The van der Waals surface area contributed by atoms with Crippen LogP contribution in [0.15, 0.2) is 22.6 Å². The summed E-state index contributed by atoms with van der Waals surface area (Å²) in [7, 11) is 0. The van der Waals surface area contributed by atoms with Crippen LogP contribution in [0.5, 0.6) is 0 Å². The summed E-state index contributed by atoms with van der Waals surface area (Å²) in [5.74, 6) is 1.48. The molecule has 1 aromatic heterocycles. The van der Waals surface area contributed by atoms with E-state index in [9.17, 15) is 9.59 Å². The number of nitrogens with zero attached hydrogens (tertiary/aromatic N) is 1. The number of nitrogens with one attached hydrogen (secondary N) is 1. The number of rotatable bonds is 4. The molecule has 1 aromatic rings. The second-order valence-electron chi connectivity index (χ2n) is 7.25. The van der Waals surface area contributed by atoms with Gasteiger partial charge in [0.15, 0.2) is 0 Å². The predicted molar refractivity (Wildman–Crippen MR) is 96.8 cm³/mol. The van der Waals surface area contributed by atoms with Crippen molar-refractivity contribution in [3.8, 4) is 0 Å². The second kappa shape index (κ2) is 8.37. The van der Waals surface area contributed by atoms with E-state index < -0.39 is 0 Å². The largest absolute Gasteiger partial charge is 0.462 e. The summed E-state index contributed by atoms with van der Waals surface area (Å²) in [5, 5.41) is 3.20. The summed E-state index contributed by atoms with van der Waals surface area (Å²) < 4.78 is 5.44. The minimum absolute atomic E-state index is 0.0516. The smallest absolute Gasteiger partial charge is 0.246 e. The second-order valence-corrected chi connectivity index (χ2v) is 7.25. The number of carbonyl (C=O) groups excluding carboxylic acids is 2. The van der Waals surface area contributed by atoms with Crippen molar-refractivity contribution in [2.75, 3.05) is 13.1 Å². The highest BCUT2D eigenvalue weighted by atomic mass is 16.3. The van der Waals surface area contributed by atoms with Crippen LogP contribution in [0.2, 0.25) is 0 Å². The Balaban J connectivity index is 1.52. The molecule has 3 rings (SSSR count). The van der Waals surface area contributed by atoms with Crippen LogP contribution in [0.25, 0.3) is 6.08 Å². The van der Waals surface area contributed by atoms with Gasteiger partial charge in [-0.05, 0) is 50.8 Å². The molecule has 25 heavy (non-hydrogen) atoms. The molecule has 5 nitrogen and oxygen atoms in total. The number of hydrogen-bond acceptors (Lipinski definition) is 3. The molecule has 1 N–H and O–H groups in total. The average Bonchev–Trinajstić information content (AvgIpc) is 3.06.